The lowest BCUT2D eigenvalue weighted by atomic mass is 9.95. The predicted molar refractivity (Wildman–Crippen MR) is 69.7 cm³/mol. The minimum Gasteiger partial charge on any atom is -0.348 e. The largest absolute Gasteiger partial charge is 0.348 e. The molecular formula is C14H20N2. The van der Waals surface area contributed by atoms with Crippen molar-refractivity contribution in [2.24, 2.45) is 12.8 Å². The third-order valence-corrected chi connectivity index (χ3v) is 3.54. The zero-order valence-electron chi connectivity index (χ0n) is 10.3. The lowest BCUT2D eigenvalue weighted by Crippen LogP contribution is -2.05. The van der Waals surface area contributed by atoms with Crippen LogP contribution in [0.25, 0.3) is 10.9 Å². The average molecular weight is 216 g/mol. The van der Waals surface area contributed by atoms with Gasteiger partial charge in [0.25, 0.3) is 0 Å². The van der Waals surface area contributed by atoms with Crippen LogP contribution in [0.3, 0.4) is 0 Å². The summed E-state index contributed by atoms with van der Waals surface area (Å²) in [5.74, 6) is 0.538. The van der Waals surface area contributed by atoms with Crippen molar-refractivity contribution in [3.05, 3.63) is 35.5 Å². The van der Waals surface area contributed by atoms with Crippen LogP contribution in [0.1, 0.15) is 30.5 Å². The molecule has 2 N–H and O–H groups in total. The van der Waals surface area contributed by atoms with E-state index in [9.17, 15) is 0 Å². The van der Waals surface area contributed by atoms with E-state index in [1.807, 2.05) is 0 Å². The molecule has 86 valence electrons. The molecule has 0 radical (unpaired) electrons. The second-order valence-corrected chi connectivity index (χ2v) is 4.55. The zero-order chi connectivity index (χ0) is 11.7. The first-order valence-electron chi connectivity index (χ1n) is 5.90. The van der Waals surface area contributed by atoms with Crippen LogP contribution in [-0.2, 0) is 7.05 Å². The van der Waals surface area contributed by atoms with Crippen LogP contribution in [0.2, 0.25) is 0 Å². The number of aryl methyl sites for hydroxylation is 1. The van der Waals surface area contributed by atoms with Gasteiger partial charge in [-0.05, 0) is 37.4 Å². The van der Waals surface area contributed by atoms with E-state index in [-0.39, 0.29) is 0 Å². The van der Waals surface area contributed by atoms with Crippen LogP contribution < -0.4 is 5.73 Å². The van der Waals surface area contributed by atoms with E-state index in [1.54, 1.807) is 0 Å². The van der Waals surface area contributed by atoms with Crippen molar-refractivity contribution >= 4 is 10.9 Å². The monoisotopic (exact) mass is 216 g/mol. The van der Waals surface area contributed by atoms with E-state index >= 15 is 0 Å². The van der Waals surface area contributed by atoms with Crippen molar-refractivity contribution in [3.63, 3.8) is 0 Å². The number of rotatable bonds is 3. The van der Waals surface area contributed by atoms with Crippen LogP contribution in [0, 0.1) is 6.92 Å². The molecule has 0 saturated heterocycles. The fourth-order valence-corrected chi connectivity index (χ4v) is 2.57. The second-order valence-electron chi connectivity index (χ2n) is 4.55. The minimum atomic E-state index is 0.538. The summed E-state index contributed by atoms with van der Waals surface area (Å²) in [6, 6.07) is 8.60. The number of fused-ring (bicyclic) bond motifs is 1. The van der Waals surface area contributed by atoms with Crippen LogP contribution in [0.5, 0.6) is 0 Å². The molecule has 2 heteroatoms. The molecule has 1 heterocycles. The SMILES string of the molecule is Cc1c(C(C)CCN)c2ccccc2n1C. The van der Waals surface area contributed by atoms with Gasteiger partial charge in [0.05, 0.1) is 0 Å². The Kier molecular flexibility index (Phi) is 3.01. The van der Waals surface area contributed by atoms with Gasteiger partial charge < -0.3 is 10.3 Å². The lowest BCUT2D eigenvalue weighted by molar-refractivity contribution is 0.685. The van der Waals surface area contributed by atoms with Gasteiger partial charge in [-0.1, -0.05) is 25.1 Å². The van der Waals surface area contributed by atoms with Crippen molar-refractivity contribution < 1.29 is 0 Å². The lowest BCUT2D eigenvalue weighted by Gasteiger charge is -2.11. The van der Waals surface area contributed by atoms with Crippen molar-refractivity contribution in [1.82, 2.24) is 4.57 Å². The molecule has 0 saturated carbocycles. The fourth-order valence-electron chi connectivity index (χ4n) is 2.57. The summed E-state index contributed by atoms with van der Waals surface area (Å²) in [6.07, 6.45) is 1.05. The molecule has 16 heavy (non-hydrogen) atoms. The maximum absolute atomic E-state index is 5.66. The Balaban J connectivity index is 2.64. The molecule has 0 amide bonds. The highest BCUT2D eigenvalue weighted by molar-refractivity contribution is 5.86. The summed E-state index contributed by atoms with van der Waals surface area (Å²) in [4.78, 5) is 0. The molecule has 1 aromatic heterocycles. The van der Waals surface area contributed by atoms with Crippen LogP contribution >= 0.6 is 0 Å². The normalized spacial score (nSPS) is 13.2. The van der Waals surface area contributed by atoms with Gasteiger partial charge in [0.15, 0.2) is 0 Å². The van der Waals surface area contributed by atoms with E-state index in [1.165, 1.54) is 22.2 Å². The third kappa shape index (κ3) is 1.63. The van der Waals surface area contributed by atoms with Gasteiger partial charge in [0.2, 0.25) is 0 Å². The van der Waals surface area contributed by atoms with E-state index < -0.39 is 0 Å². The van der Waals surface area contributed by atoms with E-state index in [0.29, 0.717) is 5.92 Å². The van der Waals surface area contributed by atoms with Crippen molar-refractivity contribution in [1.29, 1.82) is 0 Å². The molecule has 0 bridgehead atoms. The maximum Gasteiger partial charge on any atom is 0.0482 e. The van der Waals surface area contributed by atoms with Gasteiger partial charge in [-0.25, -0.2) is 0 Å². The van der Waals surface area contributed by atoms with Gasteiger partial charge in [0, 0.05) is 23.6 Å². The first-order valence-corrected chi connectivity index (χ1v) is 5.90. The molecule has 1 atom stereocenters. The molecule has 0 aliphatic carbocycles. The Hall–Kier alpha value is -1.28. The molecule has 2 rings (SSSR count). The Bertz CT molecular complexity index is 497. The molecule has 2 nitrogen and oxygen atoms in total. The third-order valence-electron chi connectivity index (χ3n) is 3.54. The Morgan fingerprint density at radius 1 is 1.31 bits per heavy atom. The van der Waals surface area contributed by atoms with Gasteiger partial charge in [0.1, 0.15) is 0 Å². The maximum atomic E-state index is 5.66. The van der Waals surface area contributed by atoms with Gasteiger partial charge >= 0.3 is 0 Å². The fraction of sp³-hybridized carbons (Fsp3) is 0.429. The highest BCUT2D eigenvalue weighted by Gasteiger charge is 2.16. The summed E-state index contributed by atoms with van der Waals surface area (Å²) in [5.41, 5.74) is 9.80. The molecule has 0 aliphatic heterocycles. The summed E-state index contributed by atoms with van der Waals surface area (Å²) in [6.45, 7) is 5.22. The summed E-state index contributed by atoms with van der Waals surface area (Å²) < 4.78 is 2.28. The van der Waals surface area contributed by atoms with Crippen molar-refractivity contribution in [3.8, 4) is 0 Å². The second kappa shape index (κ2) is 4.30. The highest BCUT2D eigenvalue weighted by atomic mass is 14.9. The molecule has 2 aromatic rings. The topological polar surface area (TPSA) is 30.9 Å². The minimum absolute atomic E-state index is 0.538. The van der Waals surface area contributed by atoms with Gasteiger partial charge in [-0.3, -0.25) is 0 Å². The summed E-state index contributed by atoms with van der Waals surface area (Å²) >= 11 is 0. The van der Waals surface area contributed by atoms with Gasteiger partial charge in [-0.15, -0.1) is 0 Å². The number of benzene rings is 1. The predicted octanol–water partition coefficient (Wildman–Crippen LogP) is 2.94. The molecular weight excluding hydrogens is 196 g/mol. The zero-order valence-corrected chi connectivity index (χ0v) is 10.3. The standard InChI is InChI=1S/C14H20N2/c1-10(8-9-15)14-11(2)16(3)13-7-5-4-6-12(13)14/h4-7,10H,8-9,15H2,1-3H3. The number of para-hydroxylation sites is 1. The number of hydrogen-bond acceptors (Lipinski definition) is 1. The first kappa shape index (κ1) is 11.2. The van der Waals surface area contributed by atoms with Gasteiger partial charge in [-0.2, -0.15) is 0 Å². The Morgan fingerprint density at radius 2 is 2.00 bits per heavy atom. The van der Waals surface area contributed by atoms with Crippen molar-refractivity contribution in [2.45, 2.75) is 26.2 Å². The van der Waals surface area contributed by atoms with E-state index in [0.717, 1.165) is 13.0 Å². The van der Waals surface area contributed by atoms with E-state index in [4.69, 9.17) is 5.73 Å². The van der Waals surface area contributed by atoms with Crippen LogP contribution in [0.15, 0.2) is 24.3 Å². The van der Waals surface area contributed by atoms with Crippen LogP contribution in [0.4, 0.5) is 0 Å². The number of hydrogen-bond donors (Lipinski definition) is 1. The molecule has 1 unspecified atom stereocenters. The quantitative estimate of drug-likeness (QED) is 0.840. The summed E-state index contributed by atoms with van der Waals surface area (Å²) in [7, 11) is 2.14. The molecule has 1 aromatic carbocycles. The smallest absolute Gasteiger partial charge is 0.0482 e. The average Bonchev–Trinajstić information content (AvgIpc) is 2.53. The first-order chi connectivity index (χ1) is 7.66. The molecule has 0 spiro atoms. The van der Waals surface area contributed by atoms with Crippen LogP contribution in [-0.4, -0.2) is 11.1 Å². The van der Waals surface area contributed by atoms with Crippen molar-refractivity contribution in [2.75, 3.05) is 6.54 Å². The number of nitrogens with two attached hydrogens (primary N) is 1. The summed E-state index contributed by atoms with van der Waals surface area (Å²) in [5, 5.41) is 1.38. The number of nitrogens with zero attached hydrogens (tertiary/aromatic N) is 1. The number of aromatic nitrogens is 1. The highest BCUT2D eigenvalue weighted by Crippen LogP contribution is 2.32. The Morgan fingerprint density at radius 3 is 2.69 bits per heavy atom. The molecule has 0 aliphatic rings. The Labute approximate surface area is 97.1 Å². The molecule has 0 fully saturated rings. The van der Waals surface area contributed by atoms with E-state index in [2.05, 4.69) is 49.7 Å².